The minimum atomic E-state index is -0.236. The third-order valence-corrected chi connectivity index (χ3v) is 14.7. The van der Waals surface area contributed by atoms with E-state index in [0.29, 0.717) is 5.02 Å². The molecule has 0 saturated heterocycles. The van der Waals surface area contributed by atoms with Crippen LogP contribution >= 0.6 is 11.6 Å². The molecule has 0 heterocycles. The number of halogens is 1. The second kappa shape index (κ2) is 19.6. The van der Waals surface area contributed by atoms with Crippen LogP contribution < -0.4 is 9.80 Å². The normalized spacial score (nSPS) is 12.2. The fourth-order valence-electron chi connectivity index (χ4n) is 9.74. The monoisotopic (exact) mass is 946 g/mol. The molecule has 71 heavy (non-hydrogen) atoms. The summed E-state index contributed by atoms with van der Waals surface area (Å²) in [4.78, 5) is 4.67. The fraction of sp³-hybridized carbons (Fsp3) is 0.206. The first-order valence-corrected chi connectivity index (χ1v) is 25.4. The topological polar surface area (TPSA) is 6.48 Å². The van der Waals surface area contributed by atoms with Crippen molar-refractivity contribution in [3.63, 3.8) is 0 Å². The fourth-order valence-corrected chi connectivity index (χ4v) is 9.96. The first-order chi connectivity index (χ1) is 33.9. The molecule has 0 aromatic heterocycles. The van der Waals surface area contributed by atoms with Gasteiger partial charge >= 0.3 is 0 Å². The molecular formula is C68H67ClN2. The Bertz CT molecular complexity index is 3000. The molecule has 0 N–H and O–H groups in total. The molecule has 9 aromatic rings. The Morgan fingerprint density at radius 2 is 0.493 bits per heavy atom. The van der Waals surface area contributed by atoms with Crippen molar-refractivity contribution in [2.45, 2.75) is 90.9 Å². The van der Waals surface area contributed by atoms with E-state index in [1.807, 2.05) is 0 Å². The minimum Gasteiger partial charge on any atom is -0.310 e. The average molecular weight is 948 g/mol. The summed E-state index contributed by atoms with van der Waals surface area (Å²) in [6, 6.07) is 81.8. The summed E-state index contributed by atoms with van der Waals surface area (Å²) in [5, 5.41) is 0.651. The molecule has 0 atom stereocenters. The third-order valence-electron chi connectivity index (χ3n) is 14.5. The molecule has 0 radical (unpaired) electrons. The summed E-state index contributed by atoms with van der Waals surface area (Å²) in [6.45, 7) is 22.8. The molecule has 0 aliphatic rings. The lowest BCUT2D eigenvalue weighted by atomic mass is 9.77. The van der Waals surface area contributed by atoms with Gasteiger partial charge in [-0.1, -0.05) is 239 Å². The molecule has 0 bridgehead atoms. The molecule has 2 nitrogen and oxygen atoms in total. The zero-order valence-corrected chi connectivity index (χ0v) is 43.9. The van der Waals surface area contributed by atoms with Crippen LogP contribution in [0.1, 0.15) is 103 Å². The van der Waals surface area contributed by atoms with Gasteiger partial charge in [-0.2, -0.15) is 0 Å². The zero-order chi connectivity index (χ0) is 50.1. The van der Waals surface area contributed by atoms with Gasteiger partial charge in [0.1, 0.15) is 0 Å². The van der Waals surface area contributed by atoms with Gasteiger partial charge in [-0.25, -0.2) is 0 Å². The van der Waals surface area contributed by atoms with Gasteiger partial charge < -0.3 is 9.80 Å². The molecule has 0 fully saturated rings. The van der Waals surface area contributed by atoms with E-state index in [4.69, 9.17) is 11.6 Å². The Balaban J connectivity index is 1.13. The van der Waals surface area contributed by atoms with Gasteiger partial charge in [0, 0.05) is 50.0 Å². The van der Waals surface area contributed by atoms with E-state index in [1.54, 1.807) is 0 Å². The molecule has 0 amide bonds. The van der Waals surface area contributed by atoms with Crippen molar-refractivity contribution in [1.29, 1.82) is 0 Å². The van der Waals surface area contributed by atoms with Crippen LogP contribution in [0.2, 0.25) is 5.02 Å². The second-order valence-electron chi connectivity index (χ2n) is 22.2. The Morgan fingerprint density at radius 1 is 0.254 bits per heavy atom. The van der Waals surface area contributed by atoms with Gasteiger partial charge in [-0.15, -0.1) is 0 Å². The van der Waals surface area contributed by atoms with Crippen molar-refractivity contribution >= 4 is 45.7 Å². The summed E-state index contributed by atoms with van der Waals surface area (Å²) < 4.78 is 0. The second-order valence-corrected chi connectivity index (χ2v) is 22.6. The summed E-state index contributed by atoms with van der Waals surface area (Å²) in [7, 11) is 0. The van der Waals surface area contributed by atoms with Crippen LogP contribution in [0.5, 0.6) is 0 Å². The standard InChI is InChI=1S/C68H67ClN2/c1-65(2,3)52-29-37-59(38-30-52)70(60-39-31-53(32-40-60)66(4,5)6)63-45-58(69)46-64(47-63)71(61-41-33-56(34-42-61)67(7,8)54-25-21-50(22-26-54)48-17-13-11-14-18-48)62-43-35-57(36-44-62)68(9,10)55-27-23-51(24-28-55)49-19-15-12-16-20-49/h11-47H,1-10H3. The maximum atomic E-state index is 7.31. The highest BCUT2D eigenvalue weighted by atomic mass is 35.5. The molecule has 9 rings (SSSR count). The van der Waals surface area contributed by atoms with E-state index in [9.17, 15) is 0 Å². The van der Waals surface area contributed by atoms with Crippen molar-refractivity contribution in [1.82, 2.24) is 0 Å². The van der Waals surface area contributed by atoms with Gasteiger partial charge in [-0.3, -0.25) is 0 Å². The Kier molecular flexibility index (Phi) is 13.5. The van der Waals surface area contributed by atoms with Crippen LogP contribution in [0.4, 0.5) is 34.1 Å². The number of rotatable bonds is 12. The van der Waals surface area contributed by atoms with E-state index in [1.165, 1.54) is 55.6 Å². The lowest BCUT2D eigenvalue weighted by molar-refractivity contribution is 0.590. The molecule has 0 saturated carbocycles. The molecule has 0 aliphatic carbocycles. The molecule has 0 unspecified atom stereocenters. The maximum absolute atomic E-state index is 7.31. The number of anilines is 6. The van der Waals surface area contributed by atoms with Gasteiger partial charge in [0.2, 0.25) is 0 Å². The van der Waals surface area contributed by atoms with Gasteiger partial charge in [0.25, 0.3) is 0 Å². The SMILES string of the molecule is CC(C)(C)c1ccc(N(c2ccc(C(C)(C)C)cc2)c2cc(Cl)cc(N(c3ccc(C(C)(C)c4ccc(-c5ccccc5)cc4)cc3)c3ccc(C(C)(C)c4ccc(-c5ccccc5)cc4)cc3)c2)cc1. The Labute approximate surface area is 429 Å². The first-order valence-electron chi connectivity index (χ1n) is 25.0. The summed E-state index contributed by atoms with van der Waals surface area (Å²) in [6.07, 6.45) is 0. The summed E-state index contributed by atoms with van der Waals surface area (Å²) >= 11 is 7.31. The molecular weight excluding hydrogens is 880 g/mol. The van der Waals surface area contributed by atoms with Gasteiger partial charge in [0.05, 0.1) is 0 Å². The minimum absolute atomic E-state index is 0.0248. The van der Waals surface area contributed by atoms with E-state index in [0.717, 1.165) is 34.1 Å². The van der Waals surface area contributed by atoms with E-state index >= 15 is 0 Å². The molecule has 9 aromatic carbocycles. The third kappa shape index (κ3) is 10.5. The van der Waals surface area contributed by atoms with Crippen LogP contribution in [-0.2, 0) is 21.7 Å². The van der Waals surface area contributed by atoms with E-state index < -0.39 is 0 Å². The average Bonchev–Trinajstić information content (AvgIpc) is 3.37. The Morgan fingerprint density at radius 3 is 0.761 bits per heavy atom. The highest BCUT2D eigenvalue weighted by Gasteiger charge is 2.27. The lowest BCUT2D eigenvalue weighted by Gasteiger charge is -2.32. The predicted octanol–water partition coefficient (Wildman–Crippen LogP) is 19.9. The van der Waals surface area contributed by atoms with Crippen molar-refractivity contribution in [2.75, 3.05) is 9.80 Å². The maximum Gasteiger partial charge on any atom is 0.0497 e. The number of hydrogen-bond acceptors (Lipinski definition) is 2. The largest absolute Gasteiger partial charge is 0.310 e. The summed E-state index contributed by atoms with van der Waals surface area (Å²) in [5.41, 5.74) is 18.2. The van der Waals surface area contributed by atoms with Crippen LogP contribution in [0, 0.1) is 0 Å². The zero-order valence-electron chi connectivity index (χ0n) is 43.1. The smallest absolute Gasteiger partial charge is 0.0497 e. The Hall–Kier alpha value is -7.13. The lowest BCUT2D eigenvalue weighted by Crippen LogP contribution is -2.20. The highest BCUT2D eigenvalue weighted by Crippen LogP contribution is 2.45. The van der Waals surface area contributed by atoms with Crippen LogP contribution in [0.3, 0.4) is 0 Å². The molecule has 0 aliphatic heterocycles. The predicted molar refractivity (Wildman–Crippen MR) is 306 cm³/mol. The first kappa shape index (κ1) is 48.9. The quantitative estimate of drug-likeness (QED) is 0.120. The summed E-state index contributed by atoms with van der Waals surface area (Å²) in [5.74, 6) is 0. The van der Waals surface area contributed by atoms with Crippen LogP contribution in [-0.4, -0.2) is 0 Å². The van der Waals surface area contributed by atoms with Crippen LogP contribution in [0.15, 0.2) is 224 Å². The number of hydrogen-bond donors (Lipinski definition) is 0. The van der Waals surface area contributed by atoms with Gasteiger partial charge in [0.15, 0.2) is 0 Å². The molecule has 356 valence electrons. The van der Waals surface area contributed by atoms with Crippen molar-refractivity contribution < 1.29 is 0 Å². The van der Waals surface area contributed by atoms with Crippen molar-refractivity contribution in [2.24, 2.45) is 0 Å². The number of benzene rings is 9. The molecule has 0 spiro atoms. The highest BCUT2D eigenvalue weighted by molar-refractivity contribution is 6.31. The number of nitrogens with zero attached hydrogens (tertiary/aromatic N) is 2. The van der Waals surface area contributed by atoms with E-state index in [-0.39, 0.29) is 21.7 Å². The van der Waals surface area contributed by atoms with Gasteiger partial charge in [-0.05, 0) is 133 Å². The molecule has 3 heteroatoms. The van der Waals surface area contributed by atoms with E-state index in [2.05, 4.69) is 303 Å². The van der Waals surface area contributed by atoms with Crippen molar-refractivity contribution in [3.05, 3.63) is 263 Å². The van der Waals surface area contributed by atoms with Crippen molar-refractivity contribution in [3.8, 4) is 22.3 Å². The van der Waals surface area contributed by atoms with Crippen LogP contribution in [0.25, 0.3) is 22.3 Å².